The van der Waals surface area contributed by atoms with Crippen LogP contribution in [0.3, 0.4) is 0 Å². The molecule has 0 fully saturated rings. The normalized spacial score (nSPS) is 8.50. The first-order valence-electron chi connectivity index (χ1n) is 3.83. The fraction of sp³-hybridized carbons (Fsp3) is 0.300. The number of hydrogen-bond acceptors (Lipinski definition) is 2. The lowest BCUT2D eigenvalue weighted by Gasteiger charge is -2.05. The van der Waals surface area contributed by atoms with Crippen molar-refractivity contribution in [1.29, 1.82) is 0 Å². The SMILES string of the molecule is Cc1cc(C)c(C(=O)O)c(C)c1.Cl.N. The molecule has 0 heterocycles. The third-order valence-corrected chi connectivity index (χ3v) is 1.89. The molecular formula is C10H16ClNO2. The molecular weight excluding hydrogens is 202 g/mol. The zero-order valence-corrected chi connectivity index (χ0v) is 9.44. The molecule has 0 saturated carbocycles. The number of halogens is 1. The summed E-state index contributed by atoms with van der Waals surface area (Å²) in [6, 6.07) is 3.77. The highest BCUT2D eigenvalue weighted by molar-refractivity contribution is 5.91. The van der Waals surface area contributed by atoms with Crippen molar-refractivity contribution in [3.05, 3.63) is 34.4 Å². The Morgan fingerprint density at radius 3 is 1.79 bits per heavy atom. The van der Waals surface area contributed by atoms with Gasteiger partial charge in [0.2, 0.25) is 0 Å². The minimum Gasteiger partial charge on any atom is -0.478 e. The second-order valence-electron chi connectivity index (χ2n) is 3.08. The zero-order chi connectivity index (χ0) is 9.30. The fourth-order valence-corrected chi connectivity index (χ4v) is 1.52. The van der Waals surface area contributed by atoms with Crippen LogP contribution in [0.2, 0.25) is 0 Å². The van der Waals surface area contributed by atoms with E-state index in [0.717, 1.165) is 16.7 Å². The predicted octanol–water partition coefficient (Wildman–Crippen LogP) is 2.89. The van der Waals surface area contributed by atoms with Crippen molar-refractivity contribution in [2.45, 2.75) is 20.8 Å². The van der Waals surface area contributed by atoms with Crippen LogP contribution >= 0.6 is 12.4 Å². The molecule has 0 bridgehead atoms. The molecule has 3 nitrogen and oxygen atoms in total. The van der Waals surface area contributed by atoms with Gasteiger partial charge < -0.3 is 11.3 Å². The van der Waals surface area contributed by atoms with E-state index in [1.807, 2.05) is 32.9 Å². The molecule has 0 saturated heterocycles. The van der Waals surface area contributed by atoms with Gasteiger partial charge in [0, 0.05) is 0 Å². The van der Waals surface area contributed by atoms with E-state index >= 15 is 0 Å². The van der Waals surface area contributed by atoms with Crippen LogP contribution in [0.4, 0.5) is 0 Å². The summed E-state index contributed by atoms with van der Waals surface area (Å²) in [5.74, 6) is -0.843. The number of benzene rings is 1. The van der Waals surface area contributed by atoms with Gasteiger partial charge in [-0.1, -0.05) is 17.7 Å². The maximum atomic E-state index is 10.8. The molecule has 80 valence electrons. The average Bonchev–Trinajstić information content (AvgIpc) is 1.82. The van der Waals surface area contributed by atoms with Gasteiger partial charge in [0.15, 0.2) is 0 Å². The summed E-state index contributed by atoms with van der Waals surface area (Å²) in [6.07, 6.45) is 0. The van der Waals surface area contributed by atoms with Gasteiger partial charge in [0.25, 0.3) is 0 Å². The first-order chi connectivity index (χ1) is 5.52. The minimum absolute atomic E-state index is 0. The molecule has 1 aromatic carbocycles. The van der Waals surface area contributed by atoms with Gasteiger partial charge in [-0.15, -0.1) is 12.4 Å². The Balaban J connectivity index is 0. The van der Waals surface area contributed by atoms with Crippen LogP contribution in [0.5, 0.6) is 0 Å². The Morgan fingerprint density at radius 1 is 1.14 bits per heavy atom. The Bertz CT molecular complexity index is 314. The topological polar surface area (TPSA) is 72.3 Å². The van der Waals surface area contributed by atoms with Crippen LogP contribution in [-0.4, -0.2) is 11.1 Å². The molecule has 4 heteroatoms. The van der Waals surface area contributed by atoms with E-state index < -0.39 is 5.97 Å². The number of aryl methyl sites for hydroxylation is 3. The van der Waals surface area contributed by atoms with Gasteiger partial charge in [0.1, 0.15) is 0 Å². The van der Waals surface area contributed by atoms with E-state index in [1.165, 1.54) is 0 Å². The molecule has 0 aliphatic heterocycles. The molecule has 0 radical (unpaired) electrons. The molecule has 1 aromatic rings. The Hall–Kier alpha value is -1.06. The number of aromatic carboxylic acids is 1. The van der Waals surface area contributed by atoms with Crippen LogP contribution < -0.4 is 6.15 Å². The van der Waals surface area contributed by atoms with Crippen LogP contribution in [0.15, 0.2) is 12.1 Å². The van der Waals surface area contributed by atoms with Gasteiger partial charge in [-0.3, -0.25) is 0 Å². The summed E-state index contributed by atoms with van der Waals surface area (Å²) in [7, 11) is 0. The summed E-state index contributed by atoms with van der Waals surface area (Å²) < 4.78 is 0. The number of rotatable bonds is 1. The lowest BCUT2D eigenvalue weighted by Crippen LogP contribution is -2.03. The quantitative estimate of drug-likeness (QED) is 0.760. The van der Waals surface area contributed by atoms with E-state index in [2.05, 4.69) is 0 Å². The molecule has 0 atom stereocenters. The van der Waals surface area contributed by atoms with Crippen molar-refractivity contribution in [2.24, 2.45) is 0 Å². The number of carboxylic acid groups (broad SMARTS) is 1. The number of carbonyl (C=O) groups is 1. The third-order valence-electron chi connectivity index (χ3n) is 1.89. The molecule has 1 rings (SSSR count). The summed E-state index contributed by atoms with van der Waals surface area (Å²) in [5, 5.41) is 8.84. The van der Waals surface area contributed by atoms with E-state index in [1.54, 1.807) is 0 Å². The molecule has 0 aliphatic rings. The molecule has 14 heavy (non-hydrogen) atoms. The first-order valence-corrected chi connectivity index (χ1v) is 3.83. The maximum absolute atomic E-state index is 10.8. The van der Waals surface area contributed by atoms with Crippen LogP contribution in [0.25, 0.3) is 0 Å². The smallest absolute Gasteiger partial charge is 0.336 e. The van der Waals surface area contributed by atoms with Crippen molar-refractivity contribution in [3.8, 4) is 0 Å². The fourth-order valence-electron chi connectivity index (χ4n) is 1.52. The third kappa shape index (κ3) is 3.01. The van der Waals surface area contributed by atoms with Gasteiger partial charge in [-0.2, -0.15) is 0 Å². The minimum atomic E-state index is -0.843. The van der Waals surface area contributed by atoms with E-state index in [4.69, 9.17) is 5.11 Å². The molecule has 0 amide bonds. The molecule has 0 unspecified atom stereocenters. The summed E-state index contributed by atoms with van der Waals surface area (Å²) >= 11 is 0. The summed E-state index contributed by atoms with van der Waals surface area (Å²) in [6.45, 7) is 5.61. The van der Waals surface area contributed by atoms with Crippen LogP contribution in [0, 0.1) is 20.8 Å². The molecule has 0 aliphatic carbocycles. The lowest BCUT2D eigenvalue weighted by molar-refractivity contribution is 0.0695. The second-order valence-corrected chi connectivity index (χ2v) is 3.08. The lowest BCUT2D eigenvalue weighted by atomic mass is 10.0. The zero-order valence-electron chi connectivity index (χ0n) is 8.63. The van der Waals surface area contributed by atoms with Crippen molar-refractivity contribution >= 4 is 18.4 Å². The van der Waals surface area contributed by atoms with E-state index in [-0.39, 0.29) is 18.6 Å². The molecule has 0 aromatic heterocycles. The first kappa shape index (κ1) is 15.4. The second kappa shape index (κ2) is 5.62. The van der Waals surface area contributed by atoms with Crippen LogP contribution in [-0.2, 0) is 0 Å². The standard InChI is InChI=1S/C10H12O2.ClH.H3N/c1-6-4-7(2)9(10(11)12)8(3)5-6;;/h4-5H,1-3H3,(H,11,12);1H;1H3. The van der Waals surface area contributed by atoms with Gasteiger partial charge in [-0.05, 0) is 31.9 Å². The Morgan fingerprint density at radius 2 is 1.50 bits per heavy atom. The average molecular weight is 218 g/mol. The number of hydrogen-bond donors (Lipinski definition) is 2. The maximum Gasteiger partial charge on any atom is 0.336 e. The van der Waals surface area contributed by atoms with Gasteiger partial charge >= 0.3 is 5.97 Å². The van der Waals surface area contributed by atoms with Gasteiger partial charge in [0.05, 0.1) is 5.56 Å². The van der Waals surface area contributed by atoms with Crippen molar-refractivity contribution < 1.29 is 9.90 Å². The van der Waals surface area contributed by atoms with Crippen molar-refractivity contribution in [3.63, 3.8) is 0 Å². The highest BCUT2D eigenvalue weighted by atomic mass is 35.5. The van der Waals surface area contributed by atoms with E-state index in [0.29, 0.717) is 5.56 Å². The van der Waals surface area contributed by atoms with Gasteiger partial charge in [-0.25, -0.2) is 4.79 Å². The monoisotopic (exact) mass is 217 g/mol. The predicted molar refractivity (Wildman–Crippen MR) is 59.9 cm³/mol. The largest absolute Gasteiger partial charge is 0.478 e. The number of carboxylic acids is 1. The Labute approximate surface area is 90.1 Å². The van der Waals surface area contributed by atoms with Crippen molar-refractivity contribution in [1.82, 2.24) is 6.15 Å². The Kier molecular flexibility index (Phi) is 6.19. The summed E-state index contributed by atoms with van der Waals surface area (Å²) in [4.78, 5) is 10.8. The van der Waals surface area contributed by atoms with Crippen LogP contribution in [0.1, 0.15) is 27.0 Å². The van der Waals surface area contributed by atoms with Crippen molar-refractivity contribution in [2.75, 3.05) is 0 Å². The molecule has 0 spiro atoms. The highest BCUT2D eigenvalue weighted by Gasteiger charge is 2.09. The van der Waals surface area contributed by atoms with E-state index in [9.17, 15) is 4.79 Å². The molecule has 4 N–H and O–H groups in total. The highest BCUT2D eigenvalue weighted by Crippen LogP contribution is 2.15. The summed E-state index contributed by atoms with van der Waals surface area (Å²) in [5.41, 5.74) is 3.20.